The van der Waals surface area contributed by atoms with E-state index in [2.05, 4.69) is 20.3 Å². The number of nitrogens with zero attached hydrogens (tertiary/aromatic N) is 3. The number of benzene rings is 2. The summed E-state index contributed by atoms with van der Waals surface area (Å²) in [5.74, 6) is -0.0158. The van der Waals surface area contributed by atoms with E-state index in [0.717, 1.165) is 0 Å². The number of hydrogen-bond acceptors (Lipinski definition) is 7. The van der Waals surface area contributed by atoms with Crippen LogP contribution in [0.4, 0.5) is 14.5 Å². The van der Waals surface area contributed by atoms with Crippen molar-refractivity contribution in [2.45, 2.75) is 18.7 Å². The zero-order valence-corrected chi connectivity index (χ0v) is 18.1. The number of amides is 1. The highest BCUT2D eigenvalue weighted by atomic mass is 32.2. The molecule has 0 radical (unpaired) electrons. The summed E-state index contributed by atoms with van der Waals surface area (Å²) in [6.45, 7) is -0.872. The van der Waals surface area contributed by atoms with E-state index in [1.807, 2.05) is 0 Å². The van der Waals surface area contributed by atoms with Crippen molar-refractivity contribution in [2.24, 2.45) is 7.05 Å². The second-order valence-corrected chi connectivity index (χ2v) is 7.35. The molecule has 1 amide bonds. The number of aromatic nitrogens is 3. The molecular weight excluding hydrogens is 442 g/mol. The van der Waals surface area contributed by atoms with Gasteiger partial charge in [-0.1, -0.05) is 11.8 Å². The number of rotatable bonds is 9. The molecule has 0 saturated carbocycles. The van der Waals surface area contributed by atoms with Crippen LogP contribution in [0.25, 0.3) is 11.4 Å². The number of carbonyl (C=O) groups excluding carboxylic acids is 2. The second-order valence-electron chi connectivity index (χ2n) is 6.40. The first-order valence-corrected chi connectivity index (χ1v) is 10.5. The highest BCUT2D eigenvalue weighted by molar-refractivity contribution is 7.99. The van der Waals surface area contributed by atoms with Crippen molar-refractivity contribution in [1.29, 1.82) is 0 Å². The third kappa shape index (κ3) is 6.03. The lowest BCUT2D eigenvalue weighted by atomic mass is 10.2. The molecule has 8 nitrogen and oxygen atoms in total. The summed E-state index contributed by atoms with van der Waals surface area (Å²) in [7, 11) is 1.74. The highest BCUT2D eigenvalue weighted by Crippen LogP contribution is 2.25. The normalized spacial score (nSPS) is 10.8. The molecular formula is C21H20F2N4O4S. The number of anilines is 1. The summed E-state index contributed by atoms with van der Waals surface area (Å²) in [6, 6.07) is 12.4. The molecule has 1 N–H and O–H groups in total. The van der Waals surface area contributed by atoms with Gasteiger partial charge in [0.15, 0.2) is 11.0 Å². The topological polar surface area (TPSA) is 95.3 Å². The second kappa shape index (κ2) is 10.7. The lowest BCUT2D eigenvalue weighted by molar-refractivity contribution is -0.113. The van der Waals surface area contributed by atoms with Crippen LogP contribution in [0.15, 0.2) is 53.7 Å². The van der Waals surface area contributed by atoms with E-state index in [1.54, 1.807) is 54.9 Å². The molecule has 3 aromatic rings. The number of halogens is 2. The Hall–Kier alpha value is -3.47. The van der Waals surface area contributed by atoms with E-state index in [4.69, 9.17) is 4.74 Å². The fourth-order valence-electron chi connectivity index (χ4n) is 2.71. The number of carbonyl (C=O) groups is 2. The molecule has 0 unspecified atom stereocenters. The van der Waals surface area contributed by atoms with Gasteiger partial charge in [0.1, 0.15) is 5.75 Å². The number of alkyl halides is 2. The molecule has 0 spiro atoms. The molecule has 1 aromatic heterocycles. The molecule has 0 atom stereocenters. The van der Waals surface area contributed by atoms with Crippen molar-refractivity contribution in [3.8, 4) is 17.1 Å². The minimum atomic E-state index is -2.89. The van der Waals surface area contributed by atoms with Crippen molar-refractivity contribution in [2.75, 3.05) is 17.7 Å². The molecule has 0 aliphatic carbocycles. The zero-order chi connectivity index (χ0) is 23.1. The van der Waals surface area contributed by atoms with Gasteiger partial charge >= 0.3 is 12.6 Å². The fraction of sp³-hybridized carbons (Fsp3) is 0.238. The van der Waals surface area contributed by atoms with Gasteiger partial charge < -0.3 is 19.4 Å². The van der Waals surface area contributed by atoms with Crippen molar-refractivity contribution in [3.63, 3.8) is 0 Å². The average Bonchev–Trinajstić information content (AvgIpc) is 3.13. The quantitative estimate of drug-likeness (QED) is 0.379. The SMILES string of the molecule is CCOC(=O)c1ccc(NC(=O)CSc2nnc(-c3ccc(OC(F)F)cc3)n2C)cc1. The maximum Gasteiger partial charge on any atom is 0.387 e. The van der Waals surface area contributed by atoms with Crippen LogP contribution >= 0.6 is 11.8 Å². The summed E-state index contributed by atoms with van der Waals surface area (Å²) in [6.07, 6.45) is 0. The lowest BCUT2D eigenvalue weighted by Crippen LogP contribution is -2.14. The number of thioether (sulfide) groups is 1. The molecule has 0 aliphatic heterocycles. The molecule has 2 aromatic carbocycles. The van der Waals surface area contributed by atoms with Crippen molar-refractivity contribution < 1.29 is 27.8 Å². The number of nitrogens with one attached hydrogen (secondary N) is 1. The Morgan fingerprint density at radius 1 is 1.09 bits per heavy atom. The maximum atomic E-state index is 12.3. The van der Waals surface area contributed by atoms with Gasteiger partial charge in [-0.05, 0) is 55.5 Å². The molecule has 32 heavy (non-hydrogen) atoms. The van der Waals surface area contributed by atoms with E-state index in [-0.39, 0.29) is 24.0 Å². The van der Waals surface area contributed by atoms with Crippen LogP contribution in [0.5, 0.6) is 5.75 Å². The van der Waals surface area contributed by atoms with E-state index in [1.165, 1.54) is 23.9 Å². The monoisotopic (exact) mass is 462 g/mol. The molecule has 0 fully saturated rings. The van der Waals surface area contributed by atoms with Gasteiger partial charge in [0, 0.05) is 18.3 Å². The van der Waals surface area contributed by atoms with Gasteiger partial charge in [0.05, 0.1) is 17.9 Å². The fourth-order valence-corrected chi connectivity index (χ4v) is 3.42. The van der Waals surface area contributed by atoms with Crippen molar-refractivity contribution in [3.05, 3.63) is 54.1 Å². The summed E-state index contributed by atoms with van der Waals surface area (Å²) in [5.41, 5.74) is 1.62. The maximum absolute atomic E-state index is 12.3. The van der Waals surface area contributed by atoms with Crippen LogP contribution in [-0.4, -0.2) is 45.6 Å². The first kappa shape index (κ1) is 23.2. The Kier molecular flexibility index (Phi) is 7.77. The molecule has 0 aliphatic rings. The van der Waals surface area contributed by atoms with Gasteiger partial charge in [-0.15, -0.1) is 10.2 Å². The van der Waals surface area contributed by atoms with Crippen LogP contribution in [0.2, 0.25) is 0 Å². The Labute approximate surface area is 186 Å². The largest absolute Gasteiger partial charge is 0.462 e. The Bertz CT molecular complexity index is 1070. The molecule has 1 heterocycles. The molecule has 0 bridgehead atoms. The van der Waals surface area contributed by atoms with Crippen LogP contribution in [0.1, 0.15) is 17.3 Å². The summed E-state index contributed by atoms with van der Waals surface area (Å²) < 4.78 is 35.5. The number of ether oxygens (including phenoxy) is 2. The van der Waals surface area contributed by atoms with Crippen molar-refractivity contribution >= 4 is 29.3 Å². The van der Waals surface area contributed by atoms with Crippen LogP contribution in [-0.2, 0) is 16.6 Å². The highest BCUT2D eigenvalue weighted by Gasteiger charge is 2.14. The van der Waals surface area contributed by atoms with E-state index in [0.29, 0.717) is 27.8 Å². The van der Waals surface area contributed by atoms with Gasteiger partial charge in [-0.2, -0.15) is 8.78 Å². The first-order chi connectivity index (χ1) is 15.4. The number of hydrogen-bond donors (Lipinski definition) is 1. The predicted molar refractivity (Wildman–Crippen MR) is 115 cm³/mol. The smallest absolute Gasteiger partial charge is 0.387 e. The van der Waals surface area contributed by atoms with E-state index < -0.39 is 12.6 Å². The first-order valence-electron chi connectivity index (χ1n) is 9.52. The molecule has 0 saturated heterocycles. The predicted octanol–water partition coefficient (Wildman–Crippen LogP) is 3.99. The van der Waals surface area contributed by atoms with Crippen LogP contribution in [0, 0.1) is 0 Å². The number of esters is 1. The van der Waals surface area contributed by atoms with E-state index in [9.17, 15) is 18.4 Å². The standard InChI is InChI=1S/C21H20F2N4O4S/c1-3-30-19(29)14-4-8-15(9-5-14)24-17(28)12-32-21-26-25-18(27(21)2)13-6-10-16(11-7-13)31-20(22)23/h4-11,20H,3,12H2,1-2H3,(H,24,28). The van der Waals surface area contributed by atoms with Gasteiger partial charge in [0.25, 0.3) is 0 Å². The Balaban J connectivity index is 1.56. The van der Waals surface area contributed by atoms with Crippen LogP contribution in [0.3, 0.4) is 0 Å². The third-order valence-electron chi connectivity index (χ3n) is 4.18. The van der Waals surface area contributed by atoms with Gasteiger partial charge in [-0.3, -0.25) is 4.79 Å². The minimum absolute atomic E-state index is 0.0486. The van der Waals surface area contributed by atoms with Gasteiger partial charge in [-0.25, -0.2) is 4.79 Å². The zero-order valence-electron chi connectivity index (χ0n) is 17.2. The third-order valence-corrected chi connectivity index (χ3v) is 5.20. The van der Waals surface area contributed by atoms with Gasteiger partial charge in [0.2, 0.25) is 5.91 Å². The Morgan fingerprint density at radius 3 is 2.41 bits per heavy atom. The average molecular weight is 462 g/mol. The van der Waals surface area contributed by atoms with E-state index >= 15 is 0 Å². The molecule has 3 rings (SSSR count). The summed E-state index contributed by atoms with van der Waals surface area (Å²) >= 11 is 1.20. The molecule has 168 valence electrons. The van der Waals surface area contributed by atoms with Crippen molar-refractivity contribution in [1.82, 2.24) is 14.8 Å². The minimum Gasteiger partial charge on any atom is -0.462 e. The Morgan fingerprint density at radius 2 is 1.78 bits per heavy atom. The summed E-state index contributed by atoms with van der Waals surface area (Å²) in [4.78, 5) is 23.9. The van der Waals surface area contributed by atoms with Crippen LogP contribution < -0.4 is 10.1 Å². The lowest BCUT2D eigenvalue weighted by Gasteiger charge is -2.07. The molecule has 11 heteroatoms. The summed E-state index contributed by atoms with van der Waals surface area (Å²) in [5, 5.41) is 11.5.